The van der Waals surface area contributed by atoms with E-state index in [0.29, 0.717) is 11.8 Å². The fourth-order valence-electron chi connectivity index (χ4n) is 2.46. The molecule has 0 saturated carbocycles. The molecule has 0 bridgehead atoms. The van der Waals surface area contributed by atoms with E-state index >= 15 is 0 Å². The molecule has 0 spiro atoms. The van der Waals surface area contributed by atoms with Crippen LogP contribution in [0, 0.1) is 0 Å². The Labute approximate surface area is 151 Å². The van der Waals surface area contributed by atoms with Gasteiger partial charge in [-0.15, -0.1) is 0 Å². The second-order valence-electron chi connectivity index (χ2n) is 5.72. The Bertz CT molecular complexity index is 654. The quantitative estimate of drug-likeness (QED) is 0.744. The van der Waals surface area contributed by atoms with Crippen molar-refractivity contribution in [3.05, 3.63) is 53.0 Å². The summed E-state index contributed by atoms with van der Waals surface area (Å²) in [6, 6.07) is 15.7. The number of carbonyl (C=O) groups excluding carboxylic acids is 1. The van der Waals surface area contributed by atoms with Gasteiger partial charge in [-0.3, -0.25) is 4.79 Å². The van der Waals surface area contributed by atoms with Gasteiger partial charge < -0.3 is 15.0 Å². The summed E-state index contributed by atoms with van der Waals surface area (Å²) in [4.78, 5) is 14.3. The summed E-state index contributed by atoms with van der Waals surface area (Å²) >= 11 is 3.36. The van der Waals surface area contributed by atoms with Gasteiger partial charge in [0, 0.05) is 28.4 Å². The number of anilines is 2. The molecule has 0 radical (unpaired) electrons. The third-order valence-corrected chi connectivity index (χ3v) is 4.16. The second kappa shape index (κ2) is 8.73. The topological polar surface area (TPSA) is 41.6 Å². The molecule has 5 heteroatoms. The minimum Gasteiger partial charge on any atom is -0.484 e. The molecule has 0 aliphatic heterocycles. The van der Waals surface area contributed by atoms with Gasteiger partial charge in [0.25, 0.3) is 5.91 Å². The van der Waals surface area contributed by atoms with Crippen LogP contribution in [0.3, 0.4) is 0 Å². The van der Waals surface area contributed by atoms with Crippen molar-refractivity contribution in [1.29, 1.82) is 0 Å². The fourth-order valence-corrected chi connectivity index (χ4v) is 2.72. The Hall–Kier alpha value is -2.01. The van der Waals surface area contributed by atoms with Crippen molar-refractivity contribution >= 4 is 33.2 Å². The highest BCUT2D eigenvalue weighted by Gasteiger charge is 2.09. The molecule has 2 aromatic rings. The SMILES string of the molecule is CCN(c1ccc(NC(=O)COc2ccc(Br)cc2)cc1)C(C)C. The summed E-state index contributed by atoms with van der Waals surface area (Å²) in [6.45, 7) is 7.40. The van der Waals surface area contributed by atoms with Crippen molar-refractivity contribution in [3.8, 4) is 5.75 Å². The average Bonchev–Trinajstić information content (AvgIpc) is 2.56. The maximum Gasteiger partial charge on any atom is 0.262 e. The van der Waals surface area contributed by atoms with E-state index < -0.39 is 0 Å². The predicted molar refractivity (Wildman–Crippen MR) is 103 cm³/mol. The van der Waals surface area contributed by atoms with E-state index in [1.807, 2.05) is 48.5 Å². The standard InChI is InChI=1S/C19H23BrN2O2/c1-4-22(14(2)3)17-9-7-16(8-10-17)21-19(23)13-24-18-11-5-15(20)6-12-18/h5-12,14H,4,13H2,1-3H3,(H,21,23). The molecule has 0 fully saturated rings. The highest BCUT2D eigenvalue weighted by atomic mass is 79.9. The summed E-state index contributed by atoms with van der Waals surface area (Å²) in [6.07, 6.45) is 0. The molecule has 0 saturated heterocycles. The van der Waals surface area contributed by atoms with Gasteiger partial charge in [-0.2, -0.15) is 0 Å². The zero-order chi connectivity index (χ0) is 17.5. The van der Waals surface area contributed by atoms with Gasteiger partial charge in [-0.1, -0.05) is 15.9 Å². The lowest BCUT2D eigenvalue weighted by atomic mass is 10.2. The number of amides is 1. The Morgan fingerprint density at radius 3 is 2.29 bits per heavy atom. The largest absolute Gasteiger partial charge is 0.484 e. The van der Waals surface area contributed by atoms with E-state index in [9.17, 15) is 4.79 Å². The number of hydrogen-bond acceptors (Lipinski definition) is 3. The molecule has 1 amide bonds. The molecule has 0 aliphatic carbocycles. The van der Waals surface area contributed by atoms with Crippen molar-refractivity contribution in [2.45, 2.75) is 26.8 Å². The van der Waals surface area contributed by atoms with E-state index in [-0.39, 0.29) is 12.5 Å². The first-order chi connectivity index (χ1) is 11.5. The van der Waals surface area contributed by atoms with Crippen LogP contribution in [-0.4, -0.2) is 25.1 Å². The minimum atomic E-state index is -0.179. The number of hydrogen-bond donors (Lipinski definition) is 1. The molecule has 128 valence electrons. The highest BCUT2D eigenvalue weighted by Crippen LogP contribution is 2.20. The molecule has 2 rings (SSSR count). The second-order valence-corrected chi connectivity index (χ2v) is 6.63. The Morgan fingerprint density at radius 1 is 1.12 bits per heavy atom. The van der Waals surface area contributed by atoms with Crippen molar-refractivity contribution in [3.63, 3.8) is 0 Å². The summed E-state index contributed by atoms with van der Waals surface area (Å²) in [5, 5.41) is 2.85. The predicted octanol–water partition coefficient (Wildman–Crippen LogP) is 4.70. The zero-order valence-corrected chi connectivity index (χ0v) is 15.8. The first kappa shape index (κ1) is 18.3. The highest BCUT2D eigenvalue weighted by molar-refractivity contribution is 9.10. The van der Waals surface area contributed by atoms with Gasteiger partial charge in [0.1, 0.15) is 5.75 Å². The number of ether oxygens (including phenoxy) is 1. The number of nitrogens with zero attached hydrogens (tertiary/aromatic N) is 1. The van der Waals surface area contributed by atoms with Crippen LogP contribution in [0.1, 0.15) is 20.8 Å². The molecule has 1 N–H and O–H groups in total. The van der Waals surface area contributed by atoms with Crippen molar-refractivity contribution in [1.82, 2.24) is 0 Å². The Kier molecular flexibility index (Phi) is 6.67. The number of rotatable bonds is 7. The molecule has 0 atom stereocenters. The van der Waals surface area contributed by atoms with Crippen molar-refractivity contribution in [2.24, 2.45) is 0 Å². The molecule has 2 aromatic carbocycles. The van der Waals surface area contributed by atoms with Gasteiger partial charge in [0.15, 0.2) is 6.61 Å². The Balaban J connectivity index is 1.88. The summed E-state index contributed by atoms with van der Waals surface area (Å²) in [5.41, 5.74) is 1.92. The van der Waals surface area contributed by atoms with E-state index in [1.165, 1.54) is 0 Å². The monoisotopic (exact) mass is 390 g/mol. The molecule has 0 unspecified atom stereocenters. The van der Waals surface area contributed by atoms with Crippen LogP contribution in [0.5, 0.6) is 5.75 Å². The fraction of sp³-hybridized carbons (Fsp3) is 0.316. The molecular weight excluding hydrogens is 368 g/mol. The smallest absolute Gasteiger partial charge is 0.262 e. The maximum absolute atomic E-state index is 12.0. The summed E-state index contributed by atoms with van der Waals surface area (Å²) in [5.74, 6) is 0.487. The first-order valence-corrected chi connectivity index (χ1v) is 8.84. The summed E-state index contributed by atoms with van der Waals surface area (Å²) < 4.78 is 6.44. The third kappa shape index (κ3) is 5.27. The van der Waals surface area contributed by atoms with E-state index in [2.05, 4.69) is 46.9 Å². The third-order valence-electron chi connectivity index (χ3n) is 3.63. The molecular formula is C19H23BrN2O2. The van der Waals surface area contributed by atoms with E-state index in [4.69, 9.17) is 4.74 Å². The van der Waals surface area contributed by atoms with Crippen molar-refractivity contribution in [2.75, 3.05) is 23.4 Å². The zero-order valence-electron chi connectivity index (χ0n) is 14.3. The van der Waals surface area contributed by atoms with Gasteiger partial charge in [-0.25, -0.2) is 0 Å². The first-order valence-electron chi connectivity index (χ1n) is 8.04. The van der Waals surface area contributed by atoms with Crippen LogP contribution in [-0.2, 0) is 4.79 Å². The minimum absolute atomic E-state index is 0.0174. The van der Waals surface area contributed by atoms with Crippen LogP contribution in [0.15, 0.2) is 53.0 Å². The van der Waals surface area contributed by atoms with Gasteiger partial charge in [0.2, 0.25) is 0 Å². The van der Waals surface area contributed by atoms with E-state index in [1.54, 1.807) is 0 Å². The van der Waals surface area contributed by atoms with Gasteiger partial charge in [-0.05, 0) is 69.3 Å². The molecule has 24 heavy (non-hydrogen) atoms. The number of carbonyl (C=O) groups is 1. The number of nitrogens with one attached hydrogen (secondary N) is 1. The maximum atomic E-state index is 12.0. The normalized spacial score (nSPS) is 10.5. The molecule has 0 heterocycles. The van der Waals surface area contributed by atoms with Gasteiger partial charge >= 0.3 is 0 Å². The number of benzene rings is 2. The van der Waals surface area contributed by atoms with Crippen LogP contribution < -0.4 is 15.0 Å². The van der Waals surface area contributed by atoms with Crippen LogP contribution in [0.4, 0.5) is 11.4 Å². The molecule has 0 aromatic heterocycles. The van der Waals surface area contributed by atoms with Crippen LogP contribution in [0.2, 0.25) is 0 Å². The van der Waals surface area contributed by atoms with E-state index in [0.717, 1.165) is 22.4 Å². The number of halogens is 1. The van der Waals surface area contributed by atoms with Crippen LogP contribution >= 0.6 is 15.9 Å². The van der Waals surface area contributed by atoms with Crippen molar-refractivity contribution < 1.29 is 9.53 Å². The average molecular weight is 391 g/mol. The molecule has 4 nitrogen and oxygen atoms in total. The molecule has 0 aliphatic rings. The lowest BCUT2D eigenvalue weighted by Crippen LogP contribution is -2.30. The van der Waals surface area contributed by atoms with Crippen LogP contribution in [0.25, 0.3) is 0 Å². The van der Waals surface area contributed by atoms with Gasteiger partial charge in [0.05, 0.1) is 0 Å². The summed E-state index contributed by atoms with van der Waals surface area (Å²) in [7, 11) is 0. The lowest BCUT2D eigenvalue weighted by molar-refractivity contribution is -0.118. The Morgan fingerprint density at radius 2 is 1.75 bits per heavy atom. The lowest BCUT2D eigenvalue weighted by Gasteiger charge is -2.27.